The third-order valence-electron chi connectivity index (χ3n) is 4.80. The molecule has 30 heavy (non-hydrogen) atoms. The van der Waals surface area contributed by atoms with Gasteiger partial charge < -0.3 is 16.2 Å². The monoisotopic (exact) mass is 517 g/mol. The van der Waals surface area contributed by atoms with Crippen LogP contribution in [0.3, 0.4) is 0 Å². The number of rotatable bonds is 5. The van der Waals surface area contributed by atoms with E-state index < -0.39 is 11.7 Å². The van der Waals surface area contributed by atoms with Crippen LogP contribution in [0, 0.1) is 9.39 Å². The number of aromatic nitrogens is 3. The number of hydrogen-bond acceptors (Lipinski definition) is 5. The Bertz CT molecular complexity index is 1270. The average Bonchev–Trinajstić information content (AvgIpc) is 3.11. The zero-order chi connectivity index (χ0) is 21.4. The first-order valence-corrected chi connectivity index (χ1v) is 10.0. The molecule has 0 saturated carbocycles. The molecule has 0 bridgehead atoms. The maximum Gasteiger partial charge on any atom is 0.252 e. The molecule has 2 heterocycles. The Morgan fingerprint density at radius 2 is 2.00 bits per heavy atom. The van der Waals surface area contributed by atoms with Crippen LogP contribution in [0.1, 0.15) is 21.5 Å². The van der Waals surface area contributed by atoms with Crippen LogP contribution in [0.5, 0.6) is 5.75 Å². The molecule has 4 rings (SSSR count). The quantitative estimate of drug-likeness (QED) is 0.349. The maximum absolute atomic E-state index is 14.0. The maximum atomic E-state index is 14.0. The van der Waals surface area contributed by atoms with E-state index in [9.17, 15) is 9.18 Å². The van der Waals surface area contributed by atoms with Crippen molar-refractivity contribution in [3.05, 3.63) is 68.7 Å². The number of benzene rings is 2. The Morgan fingerprint density at radius 1 is 1.27 bits per heavy atom. The van der Waals surface area contributed by atoms with Crippen molar-refractivity contribution in [2.45, 2.75) is 6.42 Å². The van der Waals surface area contributed by atoms with E-state index in [1.54, 1.807) is 6.20 Å². The molecule has 0 atom stereocenters. The van der Waals surface area contributed by atoms with E-state index in [0.717, 1.165) is 37.4 Å². The standard InChI is InChI=1S/C21H17FIN5O2/c1-30-19-12(7-13(22)8-14(19)21(25)29)6-10-2-4-11(5-3-10)17-16-18(15(23)9-26-17)27-28-20(16)24/h2-5,7-9H,6H2,1H3,(H2,25,29)(H3,24,27,28). The second-order valence-corrected chi connectivity index (χ2v) is 7.86. The number of carbonyl (C=O) groups excluding carboxylic acids is 1. The third kappa shape index (κ3) is 3.56. The number of fused-ring (bicyclic) bond motifs is 1. The summed E-state index contributed by atoms with van der Waals surface area (Å²) >= 11 is 2.18. The van der Waals surface area contributed by atoms with E-state index in [2.05, 4.69) is 37.8 Å². The topological polar surface area (TPSA) is 120 Å². The van der Waals surface area contributed by atoms with Gasteiger partial charge >= 0.3 is 0 Å². The zero-order valence-corrected chi connectivity index (χ0v) is 18.0. The summed E-state index contributed by atoms with van der Waals surface area (Å²) in [4.78, 5) is 16.2. The molecule has 2 aromatic heterocycles. The summed E-state index contributed by atoms with van der Waals surface area (Å²) in [6.45, 7) is 0. The van der Waals surface area contributed by atoms with Crippen LogP contribution >= 0.6 is 22.6 Å². The summed E-state index contributed by atoms with van der Waals surface area (Å²) in [5.74, 6) is -0.620. The normalized spacial score (nSPS) is 11.0. The van der Waals surface area contributed by atoms with Crippen molar-refractivity contribution in [3.8, 4) is 17.0 Å². The minimum Gasteiger partial charge on any atom is -0.496 e. The lowest BCUT2D eigenvalue weighted by Gasteiger charge is -2.13. The molecular formula is C21H17FIN5O2. The predicted molar refractivity (Wildman–Crippen MR) is 121 cm³/mol. The zero-order valence-electron chi connectivity index (χ0n) is 15.9. The smallest absolute Gasteiger partial charge is 0.252 e. The Labute approximate surface area is 184 Å². The lowest BCUT2D eigenvalue weighted by atomic mass is 9.98. The molecule has 4 aromatic rings. The number of carbonyl (C=O) groups is 1. The van der Waals surface area contributed by atoms with Crippen LogP contribution in [-0.4, -0.2) is 28.2 Å². The summed E-state index contributed by atoms with van der Waals surface area (Å²) in [7, 11) is 1.43. The number of pyridine rings is 1. The summed E-state index contributed by atoms with van der Waals surface area (Å²) in [6, 6.07) is 10.1. The van der Waals surface area contributed by atoms with Crippen molar-refractivity contribution in [2.24, 2.45) is 5.73 Å². The molecule has 0 unspecified atom stereocenters. The van der Waals surface area contributed by atoms with Crippen LogP contribution in [0.25, 0.3) is 22.2 Å². The van der Waals surface area contributed by atoms with E-state index >= 15 is 0 Å². The molecule has 0 aliphatic rings. The second-order valence-electron chi connectivity index (χ2n) is 6.70. The lowest BCUT2D eigenvalue weighted by molar-refractivity contribution is 0.0996. The summed E-state index contributed by atoms with van der Waals surface area (Å²) in [5.41, 5.74) is 15.3. The molecule has 0 radical (unpaired) electrons. The molecule has 9 heteroatoms. The number of nitrogens with one attached hydrogen (secondary N) is 1. The molecule has 0 aliphatic heterocycles. The summed E-state index contributed by atoms with van der Waals surface area (Å²) < 4.78 is 20.2. The Kier molecular flexibility index (Phi) is 5.29. The fourth-order valence-electron chi connectivity index (χ4n) is 3.44. The molecule has 0 fully saturated rings. The van der Waals surface area contributed by atoms with Crippen LogP contribution < -0.4 is 16.2 Å². The molecule has 7 nitrogen and oxygen atoms in total. The summed E-state index contributed by atoms with van der Waals surface area (Å²) in [6.07, 6.45) is 2.12. The van der Waals surface area contributed by atoms with Crippen LogP contribution in [-0.2, 0) is 6.42 Å². The van der Waals surface area contributed by atoms with E-state index in [-0.39, 0.29) is 11.3 Å². The lowest BCUT2D eigenvalue weighted by Crippen LogP contribution is -2.14. The largest absolute Gasteiger partial charge is 0.496 e. The number of halogens is 2. The number of hydrogen-bond donors (Lipinski definition) is 3. The molecule has 0 spiro atoms. The van der Waals surface area contributed by atoms with Crippen LogP contribution in [0.4, 0.5) is 10.2 Å². The Hall–Kier alpha value is -3.21. The number of nitrogens with zero attached hydrogens (tertiary/aromatic N) is 2. The number of nitrogens with two attached hydrogens (primary N) is 2. The van der Waals surface area contributed by atoms with Crippen molar-refractivity contribution in [1.29, 1.82) is 0 Å². The fraction of sp³-hybridized carbons (Fsp3) is 0.0952. The van der Waals surface area contributed by atoms with Gasteiger partial charge in [-0.3, -0.25) is 14.9 Å². The first kappa shape index (κ1) is 20.1. The summed E-state index contributed by atoms with van der Waals surface area (Å²) in [5, 5.41) is 7.79. The minimum absolute atomic E-state index is 0.0185. The van der Waals surface area contributed by atoms with E-state index in [1.165, 1.54) is 13.2 Å². The number of methoxy groups -OCH3 is 1. The van der Waals surface area contributed by atoms with Gasteiger partial charge in [0.2, 0.25) is 0 Å². The molecule has 0 aliphatic carbocycles. The number of amides is 1. The van der Waals surface area contributed by atoms with Crippen LogP contribution in [0.2, 0.25) is 0 Å². The molecule has 2 aromatic carbocycles. The van der Waals surface area contributed by atoms with Gasteiger partial charge in [0.15, 0.2) is 5.82 Å². The highest BCUT2D eigenvalue weighted by Gasteiger charge is 2.17. The number of H-pyrrole nitrogens is 1. The highest BCUT2D eigenvalue weighted by Crippen LogP contribution is 2.33. The predicted octanol–water partition coefficient (Wildman–Crippen LogP) is 3.65. The van der Waals surface area contributed by atoms with E-state index in [4.69, 9.17) is 16.2 Å². The van der Waals surface area contributed by atoms with Gasteiger partial charge in [-0.05, 0) is 40.3 Å². The van der Waals surface area contributed by atoms with E-state index in [1.807, 2.05) is 24.3 Å². The van der Waals surface area contributed by atoms with Gasteiger partial charge in [-0.15, -0.1) is 0 Å². The Balaban J connectivity index is 1.70. The highest BCUT2D eigenvalue weighted by atomic mass is 127. The number of nitrogen functional groups attached to an aromatic ring is 1. The van der Waals surface area contributed by atoms with Gasteiger partial charge in [-0.1, -0.05) is 24.3 Å². The third-order valence-corrected chi connectivity index (χ3v) is 5.62. The highest BCUT2D eigenvalue weighted by molar-refractivity contribution is 14.1. The first-order chi connectivity index (χ1) is 14.4. The van der Waals surface area contributed by atoms with Crippen molar-refractivity contribution in [1.82, 2.24) is 15.2 Å². The molecular weight excluding hydrogens is 500 g/mol. The minimum atomic E-state index is -0.741. The van der Waals surface area contributed by atoms with E-state index in [0.29, 0.717) is 17.8 Å². The van der Waals surface area contributed by atoms with Gasteiger partial charge in [0, 0.05) is 23.7 Å². The van der Waals surface area contributed by atoms with Gasteiger partial charge in [0.1, 0.15) is 11.6 Å². The fourth-order valence-corrected chi connectivity index (χ4v) is 3.97. The number of aromatic amines is 1. The molecule has 5 N–H and O–H groups in total. The van der Waals surface area contributed by atoms with Crippen LogP contribution in [0.15, 0.2) is 42.6 Å². The van der Waals surface area contributed by atoms with Crippen molar-refractivity contribution in [2.75, 3.05) is 12.8 Å². The first-order valence-electron chi connectivity index (χ1n) is 8.92. The Morgan fingerprint density at radius 3 is 2.67 bits per heavy atom. The number of primary amides is 1. The number of ether oxygens (including phenoxy) is 1. The van der Waals surface area contributed by atoms with Gasteiger partial charge in [0.25, 0.3) is 5.91 Å². The average molecular weight is 517 g/mol. The van der Waals surface area contributed by atoms with Gasteiger partial charge in [0.05, 0.1) is 32.8 Å². The SMILES string of the molecule is COc1c(Cc2ccc(-c3ncc(I)c4[nH]nc(N)c34)cc2)cc(F)cc1C(N)=O. The van der Waals surface area contributed by atoms with Crippen molar-refractivity contribution >= 4 is 45.2 Å². The van der Waals surface area contributed by atoms with Gasteiger partial charge in [-0.2, -0.15) is 5.10 Å². The molecule has 152 valence electrons. The van der Waals surface area contributed by atoms with Crippen molar-refractivity contribution < 1.29 is 13.9 Å². The van der Waals surface area contributed by atoms with Crippen molar-refractivity contribution in [3.63, 3.8) is 0 Å². The molecule has 0 saturated heterocycles. The van der Waals surface area contributed by atoms with Gasteiger partial charge in [-0.25, -0.2) is 4.39 Å². The number of anilines is 1. The molecule has 1 amide bonds. The second kappa shape index (κ2) is 7.90.